The lowest BCUT2D eigenvalue weighted by atomic mass is 9.99. The van der Waals surface area contributed by atoms with E-state index in [1.165, 1.54) is 0 Å². The van der Waals surface area contributed by atoms with Gasteiger partial charge >= 0.3 is 0 Å². The van der Waals surface area contributed by atoms with E-state index in [9.17, 15) is 0 Å². The predicted molar refractivity (Wildman–Crippen MR) is 61.6 cm³/mol. The predicted octanol–water partition coefficient (Wildman–Crippen LogP) is 0.315. The van der Waals surface area contributed by atoms with Crippen molar-refractivity contribution in [3.63, 3.8) is 0 Å². The zero-order valence-electron chi connectivity index (χ0n) is 9.97. The van der Waals surface area contributed by atoms with Gasteiger partial charge in [-0.25, -0.2) is 4.98 Å². The van der Waals surface area contributed by atoms with Gasteiger partial charge in [-0.15, -0.1) is 10.2 Å². The van der Waals surface area contributed by atoms with Crippen molar-refractivity contribution in [3.05, 3.63) is 23.4 Å². The Hall–Kier alpha value is -1.53. The van der Waals surface area contributed by atoms with Crippen LogP contribution in [0.25, 0.3) is 5.65 Å². The third-order valence-electron chi connectivity index (χ3n) is 3.19. The molecular formula is C11H15N5O. The Morgan fingerprint density at radius 1 is 1.41 bits per heavy atom. The molecule has 1 aliphatic rings. The molecule has 17 heavy (non-hydrogen) atoms. The molecule has 2 aromatic heterocycles. The fourth-order valence-electron chi connectivity index (χ4n) is 2.31. The van der Waals surface area contributed by atoms with E-state index >= 15 is 0 Å². The third kappa shape index (κ3) is 1.52. The van der Waals surface area contributed by atoms with Gasteiger partial charge in [0.1, 0.15) is 11.4 Å². The minimum absolute atomic E-state index is 0.487. The number of aryl methyl sites for hydroxylation is 2. The molecule has 3 rings (SSSR count). The van der Waals surface area contributed by atoms with Crippen LogP contribution in [0.3, 0.4) is 0 Å². The van der Waals surface area contributed by atoms with Gasteiger partial charge in [-0.2, -0.15) is 0 Å². The van der Waals surface area contributed by atoms with Crippen molar-refractivity contribution < 1.29 is 4.74 Å². The van der Waals surface area contributed by atoms with E-state index < -0.39 is 5.54 Å². The number of aromatic nitrogens is 4. The standard InChI is InChI=1S/C11H15N5O/c1-7-5-9-14-15-10(16(9)8(2)13-7)11(12)3-4-17-6-11/h5H,3-4,6,12H2,1-2H3. The van der Waals surface area contributed by atoms with Gasteiger partial charge in [0, 0.05) is 18.4 Å². The fourth-order valence-corrected chi connectivity index (χ4v) is 2.31. The summed E-state index contributed by atoms with van der Waals surface area (Å²) in [7, 11) is 0. The molecule has 0 aromatic carbocycles. The quantitative estimate of drug-likeness (QED) is 0.767. The second kappa shape index (κ2) is 3.48. The Morgan fingerprint density at radius 2 is 2.24 bits per heavy atom. The minimum Gasteiger partial charge on any atom is -0.379 e. The molecule has 0 spiro atoms. The molecule has 1 unspecified atom stereocenters. The van der Waals surface area contributed by atoms with Crippen LogP contribution in [0.15, 0.2) is 6.07 Å². The van der Waals surface area contributed by atoms with Gasteiger partial charge in [-0.1, -0.05) is 0 Å². The second-order valence-corrected chi connectivity index (χ2v) is 4.62. The number of nitrogens with zero attached hydrogens (tertiary/aromatic N) is 4. The average molecular weight is 233 g/mol. The Labute approximate surface area is 98.8 Å². The number of ether oxygens (including phenoxy) is 1. The van der Waals surface area contributed by atoms with Crippen LogP contribution in [0.1, 0.15) is 23.8 Å². The van der Waals surface area contributed by atoms with E-state index in [1.807, 2.05) is 24.3 Å². The maximum atomic E-state index is 6.32. The van der Waals surface area contributed by atoms with Crippen LogP contribution >= 0.6 is 0 Å². The third-order valence-corrected chi connectivity index (χ3v) is 3.19. The highest BCUT2D eigenvalue weighted by Crippen LogP contribution is 2.27. The Morgan fingerprint density at radius 3 is 2.94 bits per heavy atom. The van der Waals surface area contributed by atoms with E-state index in [-0.39, 0.29) is 0 Å². The van der Waals surface area contributed by atoms with E-state index in [0.29, 0.717) is 13.2 Å². The smallest absolute Gasteiger partial charge is 0.164 e. The Bertz CT molecular complexity index is 570. The zero-order chi connectivity index (χ0) is 12.0. The second-order valence-electron chi connectivity index (χ2n) is 4.62. The molecule has 1 atom stereocenters. The maximum absolute atomic E-state index is 6.32. The van der Waals surface area contributed by atoms with E-state index in [4.69, 9.17) is 10.5 Å². The molecule has 0 saturated carbocycles. The van der Waals surface area contributed by atoms with E-state index in [2.05, 4.69) is 15.2 Å². The molecule has 6 heteroatoms. The van der Waals surface area contributed by atoms with Gasteiger partial charge in [0.05, 0.1) is 6.61 Å². The summed E-state index contributed by atoms with van der Waals surface area (Å²) in [5, 5.41) is 8.39. The molecule has 90 valence electrons. The van der Waals surface area contributed by atoms with E-state index in [0.717, 1.165) is 29.4 Å². The molecule has 2 aromatic rings. The molecule has 2 N–H and O–H groups in total. The highest BCUT2D eigenvalue weighted by Gasteiger charge is 2.37. The number of hydrogen-bond donors (Lipinski definition) is 1. The number of fused-ring (bicyclic) bond motifs is 1. The first-order valence-electron chi connectivity index (χ1n) is 5.67. The highest BCUT2D eigenvalue weighted by atomic mass is 16.5. The topological polar surface area (TPSA) is 78.3 Å². The maximum Gasteiger partial charge on any atom is 0.164 e. The van der Waals surface area contributed by atoms with Crippen molar-refractivity contribution in [1.82, 2.24) is 19.6 Å². The molecule has 1 fully saturated rings. The summed E-state index contributed by atoms with van der Waals surface area (Å²) in [6.07, 6.45) is 0.765. The molecule has 1 saturated heterocycles. The SMILES string of the molecule is Cc1cc2nnc(C3(N)CCOC3)n2c(C)n1. The summed E-state index contributed by atoms with van der Waals surface area (Å²) >= 11 is 0. The first kappa shape index (κ1) is 10.6. The number of nitrogens with two attached hydrogens (primary N) is 1. The van der Waals surface area contributed by atoms with Crippen LogP contribution < -0.4 is 5.73 Å². The molecule has 0 aliphatic carbocycles. The Balaban J connectivity index is 2.24. The van der Waals surface area contributed by atoms with Crippen LogP contribution in [-0.4, -0.2) is 32.8 Å². The summed E-state index contributed by atoms with van der Waals surface area (Å²) in [5.41, 5.74) is 7.51. The molecule has 0 radical (unpaired) electrons. The first-order valence-corrected chi connectivity index (χ1v) is 5.67. The Kier molecular flexibility index (Phi) is 2.17. The number of hydrogen-bond acceptors (Lipinski definition) is 5. The summed E-state index contributed by atoms with van der Waals surface area (Å²) in [4.78, 5) is 4.42. The summed E-state index contributed by atoms with van der Waals surface area (Å²) in [5.74, 6) is 1.60. The van der Waals surface area contributed by atoms with Crippen molar-refractivity contribution in [2.45, 2.75) is 25.8 Å². The van der Waals surface area contributed by atoms with Crippen molar-refractivity contribution in [3.8, 4) is 0 Å². The summed E-state index contributed by atoms with van der Waals surface area (Å²) in [6.45, 7) is 5.04. The van der Waals surface area contributed by atoms with Gasteiger partial charge in [0.15, 0.2) is 11.5 Å². The van der Waals surface area contributed by atoms with Gasteiger partial charge in [-0.05, 0) is 20.3 Å². The summed E-state index contributed by atoms with van der Waals surface area (Å²) in [6, 6.07) is 1.91. The minimum atomic E-state index is -0.541. The lowest BCUT2D eigenvalue weighted by Gasteiger charge is -2.19. The van der Waals surface area contributed by atoms with Gasteiger partial charge in [0.2, 0.25) is 0 Å². The van der Waals surface area contributed by atoms with Crippen LogP contribution in [-0.2, 0) is 10.3 Å². The molecule has 0 amide bonds. The largest absolute Gasteiger partial charge is 0.379 e. The van der Waals surface area contributed by atoms with Crippen molar-refractivity contribution in [1.29, 1.82) is 0 Å². The molecule has 0 bridgehead atoms. The lowest BCUT2D eigenvalue weighted by Crippen LogP contribution is -2.39. The number of rotatable bonds is 1. The summed E-state index contributed by atoms with van der Waals surface area (Å²) < 4.78 is 7.29. The van der Waals surface area contributed by atoms with Crippen molar-refractivity contribution in [2.75, 3.05) is 13.2 Å². The van der Waals surface area contributed by atoms with Crippen LogP contribution in [0, 0.1) is 13.8 Å². The molecule has 1 aliphatic heterocycles. The van der Waals surface area contributed by atoms with Crippen LogP contribution in [0.2, 0.25) is 0 Å². The molecule has 6 nitrogen and oxygen atoms in total. The van der Waals surface area contributed by atoms with E-state index in [1.54, 1.807) is 0 Å². The first-order chi connectivity index (χ1) is 8.10. The normalized spacial score (nSPS) is 24.6. The van der Waals surface area contributed by atoms with Crippen LogP contribution in [0.5, 0.6) is 0 Å². The average Bonchev–Trinajstić information content (AvgIpc) is 2.84. The van der Waals surface area contributed by atoms with Gasteiger partial charge in [0.25, 0.3) is 0 Å². The monoisotopic (exact) mass is 233 g/mol. The zero-order valence-corrected chi connectivity index (χ0v) is 9.97. The molecule has 3 heterocycles. The fraction of sp³-hybridized carbons (Fsp3) is 0.545. The van der Waals surface area contributed by atoms with Crippen molar-refractivity contribution in [2.24, 2.45) is 5.73 Å². The molecular weight excluding hydrogens is 218 g/mol. The van der Waals surface area contributed by atoms with Crippen molar-refractivity contribution >= 4 is 5.65 Å². The van der Waals surface area contributed by atoms with Gasteiger partial charge < -0.3 is 10.5 Å². The lowest BCUT2D eigenvalue weighted by molar-refractivity contribution is 0.176. The highest BCUT2D eigenvalue weighted by molar-refractivity contribution is 5.41. The van der Waals surface area contributed by atoms with Gasteiger partial charge in [-0.3, -0.25) is 4.40 Å². The van der Waals surface area contributed by atoms with Crippen LogP contribution in [0.4, 0.5) is 0 Å².